The number of hydrogen-bond donors (Lipinski definition) is 1. The van der Waals surface area contributed by atoms with Gasteiger partial charge in [-0.25, -0.2) is 8.42 Å². The van der Waals surface area contributed by atoms with Gasteiger partial charge in [0.15, 0.2) is 5.78 Å². The Morgan fingerprint density at radius 2 is 1.77 bits per heavy atom. The first kappa shape index (κ1) is 18.6. The van der Waals surface area contributed by atoms with Crippen molar-refractivity contribution in [3.63, 3.8) is 0 Å². The second kappa shape index (κ2) is 8.01. The number of carbonyl (C=O) groups excluding carboxylic acids is 1. The van der Waals surface area contributed by atoms with Crippen LogP contribution in [0.1, 0.15) is 35.7 Å². The molecule has 138 valence electrons. The molecule has 5 nitrogen and oxygen atoms in total. The fourth-order valence-corrected chi connectivity index (χ4v) is 4.61. The van der Waals surface area contributed by atoms with E-state index >= 15 is 0 Å². The van der Waals surface area contributed by atoms with Crippen molar-refractivity contribution in [3.05, 3.63) is 59.7 Å². The quantitative estimate of drug-likeness (QED) is 0.757. The fourth-order valence-electron chi connectivity index (χ4n) is 3.05. The SMILES string of the molecule is CCc1ccc(NCC(=O)c2cccc(S(=O)(=O)N3CCCC3)c2)cc1. The molecule has 26 heavy (non-hydrogen) atoms. The van der Waals surface area contributed by atoms with Crippen molar-refractivity contribution in [3.8, 4) is 0 Å². The zero-order valence-corrected chi connectivity index (χ0v) is 15.8. The van der Waals surface area contributed by atoms with Gasteiger partial charge in [-0.2, -0.15) is 4.31 Å². The molecule has 2 aromatic rings. The van der Waals surface area contributed by atoms with Crippen LogP contribution in [0.25, 0.3) is 0 Å². The van der Waals surface area contributed by atoms with Crippen LogP contribution >= 0.6 is 0 Å². The van der Waals surface area contributed by atoms with Gasteiger partial charge in [0.1, 0.15) is 0 Å². The number of rotatable bonds is 7. The van der Waals surface area contributed by atoms with Crippen LogP contribution in [0.3, 0.4) is 0 Å². The maximum Gasteiger partial charge on any atom is 0.243 e. The zero-order valence-electron chi connectivity index (χ0n) is 14.9. The maximum absolute atomic E-state index is 12.6. The molecule has 0 amide bonds. The van der Waals surface area contributed by atoms with E-state index in [2.05, 4.69) is 12.2 Å². The molecule has 0 saturated carbocycles. The molecule has 0 aliphatic carbocycles. The Balaban J connectivity index is 1.69. The molecule has 6 heteroatoms. The van der Waals surface area contributed by atoms with E-state index in [-0.39, 0.29) is 17.2 Å². The van der Waals surface area contributed by atoms with Crippen LogP contribution in [-0.4, -0.2) is 38.1 Å². The summed E-state index contributed by atoms with van der Waals surface area (Å²) in [5, 5.41) is 3.10. The lowest BCUT2D eigenvalue weighted by Crippen LogP contribution is -2.28. The Kier molecular flexibility index (Phi) is 5.74. The van der Waals surface area contributed by atoms with Crippen LogP contribution in [0, 0.1) is 0 Å². The molecule has 0 spiro atoms. The zero-order chi connectivity index (χ0) is 18.6. The van der Waals surface area contributed by atoms with E-state index in [0.717, 1.165) is 24.9 Å². The molecule has 1 N–H and O–H groups in total. The predicted octanol–water partition coefficient (Wildman–Crippen LogP) is 3.33. The summed E-state index contributed by atoms with van der Waals surface area (Å²) in [5.41, 5.74) is 2.51. The molecular formula is C20H24N2O3S. The highest BCUT2D eigenvalue weighted by Crippen LogP contribution is 2.21. The number of carbonyl (C=O) groups is 1. The third-order valence-electron chi connectivity index (χ3n) is 4.67. The molecule has 1 aliphatic rings. The van der Waals surface area contributed by atoms with Crippen molar-refractivity contribution in [2.24, 2.45) is 0 Å². The number of aryl methyl sites for hydroxylation is 1. The van der Waals surface area contributed by atoms with E-state index in [1.165, 1.54) is 15.9 Å². The molecule has 3 rings (SSSR count). The second-order valence-corrected chi connectivity index (χ2v) is 8.40. The van der Waals surface area contributed by atoms with Gasteiger partial charge in [-0.15, -0.1) is 0 Å². The summed E-state index contributed by atoms with van der Waals surface area (Å²) in [6.45, 7) is 3.32. The number of anilines is 1. The van der Waals surface area contributed by atoms with Crippen LogP contribution < -0.4 is 5.32 Å². The molecule has 1 heterocycles. The number of ketones is 1. The van der Waals surface area contributed by atoms with Gasteiger partial charge >= 0.3 is 0 Å². The van der Waals surface area contributed by atoms with Gasteiger partial charge in [0.05, 0.1) is 11.4 Å². The predicted molar refractivity (Wildman–Crippen MR) is 103 cm³/mol. The smallest absolute Gasteiger partial charge is 0.243 e. The van der Waals surface area contributed by atoms with Crippen LogP contribution in [0.5, 0.6) is 0 Å². The Hall–Kier alpha value is -2.18. The highest BCUT2D eigenvalue weighted by atomic mass is 32.2. The first-order valence-electron chi connectivity index (χ1n) is 8.97. The summed E-state index contributed by atoms with van der Waals surface area (Å²) < 4.78 is 26.8. The lowest BCUT2D eigenvalue weighted by molar-refractivity contribution is 0.101. The molecule has 0 bridgehead atoms. The van der Waals surface area contributed by atoms with E-state index in [9.17, 15) is 13.2 Å². The van der Waals surface area contributed by atoms with Crippen molar-refractivity contribution < 1.29 is 13.2 Å². The summed E-state index contributed by atoms with van der Waals surface area (Å²) >= 11 is 0. The van der Waals surface area contributed by atoms with Crippen molar-refractivity contribution in [1.29, 1.82) is 0 Å². The average Bonchev–Trinajstić information content (AvgIpc) is 3.22. The van der Waals surface area contributed by atoms with Crippen LogP contribution in [0.2, 0.25) is 0 Å². The molecular weight excluding hydrogens is 348 g/mol. The van der Waals surface area contributed by atoms with E-state index in [0.29, 0.717) is 18.7 Å². The highest BCUT2D eigenvalue weighted by molar-refractivity contribution is 7.89. The number of nitrogens with zero attached hydrogens (tertiary/aromatic N) is 1. The Morgan fingerprint density at radius 3 is 2.42 bits per heavy atom. The fraction of sp³-hybridized carbons (Fsp3) is 0.350. The Morgan fingerprint density at radius 1 is 1.08 bits per heavy atom. The number of hydrogen-bond acceptors (Lipinski definition) is 4. The van der Waals surface area contributed by atoms with Gasteiger partial charge in [-0.05, 0) is 49.1 Å². The van der Waals surface area contributed by atoms with Crippen LogP contribution in [0.4, 0.5) is 5.69 Å². The normalized spacial score (nSPS) is 15.1. The highest BCUT2D eigenvalue weighted by Gasteiger charge is 2.27. The van der Waals surface area contributed by atoms with E-state index in [1.807, 2.05) is 24.3 Å². The number of nitrogens with one attached hydrogen (secondary N) is 1. The molecule has 1 aliphatic heterocycles. The maximum atomic E-state index is 12.6. The summed E-state index contributed by atoms with van der Waals surface area (Å²) in [5.74, 6) is -0.136. The molecule has 0 radical (unpaired) electrons. The minimum Gasteiger partial charge on any atom is -0.378 e. The minimum absolute atomic E-state index is 0.124. The Bertz CT molecular complexity index is 870. The topological polar surface area (TPSA) is 66.5 Å². The molecule has 0 unspecified atom stereocenters. The molecule has 1 saturated heterocycles. The van der Waals surface area contributed by atoms with Gasteiger partial charge in [0.25, 0.3) is 0 Å². The summed E-state index contributed by atoms with van der Waals surface area (Å²) in [7, 11) is -3.51. The van der Waals surface area contributed by atoms with Gasteiger partial charge in [-0.3, -0.25) is 4.79 Å². The van der Waals surface area contributed by atoms with Crippen molar-refractivity contribution in [2.45, 2.75) is 31.1 Å². The van der Waals surface area contributed by atoms with Crippen molar-refractivity contribution in [2.75, 3.05) is 25.0 Å². The summed E-state index contributed by atoms with van der Waals surface area (Å²) in [6, 6.07) is 14.3. The molecule has 0 atom stereocenters. The third kappa shape index (κ3) is 4.14. The molecule has 1 fully saturated rings. The van der Waals surface area contributed by atoms with Gasteiger partial charge in [0, 0.05) is 24.3 Å². The van der Waals surface area contributed by atoms with Crippen LogP contribution in [0.15, 0.2) is 53.4 Å². The van der Waals surface area contributed by atoms with Crippen molar-refractivity contribution >= 4 is 21.5 Å². The first-order chi connectivity index (χ1) is 12.5. The van der Waals surface area contributed by atoms with Crippen LogP contribution in [-0.2, 0) is 16.4 Å². The summed E-state index contributed by atoms with van der Waals surface area (Å²) in [6.07, 6.45) is 2.74. The molecule has 2 aromatic carbocycles. The van der Waals surface area contributed by atoms with E-state index in [1.54, 1.807) is 18.2 Å². The number of Topliss-reactive ketones (excluding diaryl/α,β-unsaturated/α-hetero) is 1. The minimum atomic E-state index is -3.51. The number of benzene rings is 2. The second-order valence-electron chi connectivity index (χ2n) is 6.47. The summed E-state index contributed by atoms with van der Waals surface area (Å²) in [4.78, 5) is 12.7. The van der Waals surface area contributed by atoms with E-state index < -0.39 is 10.0 Å². The standard InChI is InChI=1S/C20H24N2O3S/c1-2-16-8-10-18(11-9-16)21-15-20(23)17-6-5-7-19(14-17)26(24,25)22-12-3-4-13-22/h5-11,14,21H,2-4,12-13,15H2,1H3. The van der Waals surface area contributed by atoms with Crippen molar-refractivity contribution in [1.82, 2.24) is 4.31 Å². The monoisotopic (exact) mass is 372 g/mol. The van der Waals surface area contributed by atoms with Gasteiger partial charge < -0.3 is 5.32 Å². The average molecular weight is 372 g/mol. The lowest BCUT2D eigenvalue weighted by Gasteiger charge is -2.16. The Labute approximate surface area is 155 Å². The third-order valence-corrected chi connectivity index (χ3v) is 6.57. The number of sulfonamides is 1. The largest absolute Gasteiger partial charge is 0.378 e. The van der Waals surface area contributed by atoms with Gasteiger partial charge in [-0.1, -0.05) is 31.2 Å². The van der Waals surface area contributed by atoms with Gasteiger partial charge in [0.2, 0.25) is 10.0 Å². The first-order valence-corrected chi connectivity index (χ1v) is 10.4. The lowest BCUT2D eigenvalue weighted by atomic mass is 10.1. The van der Waals surface area contributed by atoms with E-state index in [4.69, 9.17) is 0 Å². The molecule has 0 aromatic heterocycles.